The van der Waals surface area contributed by atoms with E-state index in [1.807, 2.05) is 0 Å². The lowest BCUT2D eigenvalue weighted by molar-refractivity contribution is -0.463. The third kappa shape index (κ3) is 6.68. The molecule has 0 aromatic heterocycles. The lowest BCUT2D eigenvalue weighted by Gasteiger charge is -2.47. The molecule has 4 nitrogen and oxygen atoms in total. The molecule has 23 heavy (non-hydrogen) atoms. The first-order chi connectivity index (χ1) is 10.4. The van der Waals surface area contributed by atoms with Crippen LogP contribution in [0.25, 0.3) is 0 Å². The third-order valence-corrected chi connectivity index (χ3v) is 7.27. The molecule has 0 bridgehead atoms. The highest BCUT2D eigenvalue weighted by Crippen LogP contribution is 2.52. The summed E-state index contributed by atoms with van der Waals surface area (Å²) in [6.07, 6.45) is 2.28. The molecule has 0 spiro atoms. The van der Waals surface area contributed by atoms with Gasteiger partial charge in [-0.25, -0.2) is 14.0 Å². The minimum Gasteiger partial charge on any atom is -0.274 e. The van der Waals surface area contributed by atoms with Gasteiger partial charge >= 0.3 is 0 Å². The Hall–Kier alpha value is -0.180. The highest BCUT2D eigenvalue weighted by atomic mass is 31.2. The molecule has 138 valence electrons. The van der Waals surface area contributed by atoms with Crippen LogP contribution in [0.1, 0.15) is 69.2 Å². The van der Waals surface area contributed by atoms with Gasteiger partial charge in [0.2, 0.25) is 6.34 Å². The van der Waals surface area contributed by atoms with Gasteiger partial charge < -0.3 is 0 Å². The van der Waals surface area contributed by atoms with Crippen molar-refractivity contribution in [3.05, 3.63) is 0 Å². The summed E-state index contributed by atoms with van der Waals surface area (Å²) in [6.45, 7) is 23.2. The Balaban J connectivity index is 6.18. The third-order valence-electron chi connectivity index (χ3n) is 3.61. The molecule has 0 aliphatic rings. The van der Waals surface area contributed by atoms with Crippen molar-refractivity contribution in [1.29, 1.82) is 0 Å². The topological polar surface area (TPSA) is 12.7 Å². The molecule has 0 unspecified atom stereocenters. The molecule has 0 radical (unpaired) electrons. The average Bonchev–Trinajstić information content (AvgIpc) is 2.32. The minimum atomic E-state index is -0.578. The van der Waals surface area contributed by atoms with Crippen molar-refractivity contribution < 1.29 is 4.58 Å². The second-order valence-corrected chi connectivity index (χ2v) is 9.88. The number of hydrogen-bond acceptors (Lipinski definition) is 2. The first-order valence-corrected chi connectivity index (χ1v) is 10.3. The molecular weight excluding hydrogens is 303 g/mol. The summed E-state index contributed by atoms with van der Waals surface area (Å²) in [5.74, 6) is 0. The van der Waals surface area contributed by atoms with Crippen LogP contribution in [0.4, 0.5) is 0 Å². The molecule has 0 aliphatic carbocycles. The average molecular weight is 346 g/mol. The Morgan fingerprint density at radius 3 is 1.09 bits per heavy atom. The van der Waals surface area contributed by atoms with Crippen LogP contribution in [0.3, 0.4) is 0 Å². The van der Waals surface area contributed by atoms with Gasteiger partial charge in [-0.05, 0) is 69.2 Å². The largest absolute Gasteiger partial charge is 0.274 e. The quantitative estimate of drug-likeness (QED) is 0.265. The van der Waals surface area contributed by atoms with E-state index in [4.69, 9.17) is 0 Å². The van der Waals surface area contributed by atoms with Gasteiger partial charge in [0.15, 0.2) is 0 Å². The molecule has 0 amide bonds. The normalized spacial score (nSPS) is 12.9. The van der Waals surface area contributed by atoms with Gasteiger partial charge in [0, 0.05) is 24.2 Å². The lowest BCUT2D eigenvalue weighted by Crippen LogP contribution is -2.49. The van der Waals surface area contributed by atoms with E-state index < -0.39 is 8.37 Å². The van der Waals surface area contributed by atoms with Crippen molar-refractivity contribution in [1.82, 2.24) is 14.0 Å². The second kappa shape index (κ2) is 9.96. The molecule has 0 atom stereocenters. The van der Waals surface area contributed by atoms with Gasteiger partial charge in [-0.2, -0.15) is 0 Å². The maximum absolute atomic E-state index is 2.69. The summed E-state index contributed by atoms with van der Waals surface area (Å²) in [6, 6.07) is 2.51. The standard InChI is InChI=1S/C18H42N4P/c1-14(2)20(13-19(11)12)23(21(15(3)4)16(5)6)22(17(7)8)18(9)10/h13-18H,1-12H3/q+1. The van der Waals surface area contributed by atoms with Crippen LogP contribution in [0.5, 0.6) is 0 Å². The van der Waals surface area contributed by atoms with Gasteiger partial charge in [-0.15, -0.1) is 0 Å². The molecular formula is C18H42N4P+. The molecule has 5 heteroatoms. The van der Waals surface area contributed by atoms with Crippen LogP contribution in [-0.2, 0) is 0 Å². The lowest BCUT2D eigenvalue weighted by atomic mass is 10.3. The molecule has 0 heterocycles. The van der Waals surface area contributed by atoms with Crippen LogP contribution in [0.2, 0.25) is 0 Å². The maximum atomic E-state index is 2.69. The summed E-state index contributed by atoms with van der Waals surface area (Å²) in [5.41, 5.74) is 0. The van der Waals surface area contributed by atoms with Crippen LogP contribution >= 0.6 is 8.37 Å². The number of rotatable bonds is 9. The number of nitrogens with zero attached hydrogens (tertiary/aromatic N) is 4. The monoisotopic (exact) mass is 345 g/mol. The molecule has 0 aromatic rings. The van der Waals surface area contributed by atoms with E-state index in [1.54, 1.807) is 0 Å². The van der Waals surface area contributed by atoms with E-state index in [9.17, 15) is 0 Å². The predicted octanol–water partition coefficient (Wildman–Crippen LogP) is 4.46. The summed E-state index contributed by atoms with van der Waals surface area (Å²) in [7, 11) is 3.66. The van der Waals surface area contributed by atoms with Crippen LogP contribution < -0.4 is 0 Å². The molecule has 0 rings (SSSR count). The zero-order chi connectivity index (χ0) is 18.5. The van der Waals surface area contributed by atoms with Gasteiger partial charge in [0.05, 0.1) is 20.1 Å². The predicted molar refractivity (Wildman–Crippen MR) is 106 cm³/mol. The summed E-state index contributed by atoms with van der Waals surface area (Å²) in [4.78, 5) is 0. The smallest absolute Gasteiger partial charge is 0.253 e. The maximum Gasteiger partial charge on any atom is 0.253 e. The fraction of sp³-hybridized carbons (Fsp3) is 0.944. The van der Waals surface area contributed by atoms with Crippen molar-refractivity contribution >= 4 is 14.7 Å². The molecule has 0 saturated heterocycles. The Bertz CT molecular complexity index is 324. The Morgan fingerprint density at radius 2 is 0.913 bits per heavy atom. The van der Waals surface area contributed by atoms with Crippen molar-refractivity contribution in [3.63, 3.8) is 0 Å². The van der Waals surface area contributed by atoms with Gasteiger partial charge in [-0.1, -0.05) is 0 Å². The fourth-order valence-electron chi connectivity index (χ4n) is 3.00. The van der Waals surface area contributed by atoms with Crippen molar-refractivity contribution in [3.8, 4) is 0 Å². The Morgan fingerprint density at radius 1 is 0.609 bits per heavy atom. The van der Waals surface area contributed by atoms with Crippen LogP contribution in [-0.4, -0.2) is 69.2 Å². The molecule has 0 aromatic carbocycles. The van der Waals surface area contributed by atoms with Gasteiger partial charge in [0.1, 0.15) is 0 Å². The van der Waals surface area contributed by atoms with E-state index in [0.717, 1.165) is 0 Å². The minimum absolute atomic E-state index is 0.462. The molecule has 0 N–H and O–H groups in total. The summed E-state index contributed by atoms with van der Waals surface area (Å²) < 4.78 is 10.1. The Labute approximate surface area is 147 Å². The first-order valence-electron chi connectivity index (χ1n) is 9.08. The van der Waals surface area contributed by atoms with Crippen molar-refractivity contribution in [2.75, 3.05) is 14.1 Å². The van der Waals surface area contributed by atoms with E-state index >= 15 is 0 Å². The van der Waals surface area contributed by atoms with Gasteiger partial charge in [-0.3, -0.25) is 4.58 Å². The number of hydrogen-bond donors (Lipinski definition) is 0. The van der Waals surface area contributed by atoms with Crippen molar-refractivity contribution in [2.45, 2.75) is 99.4 Å². The van der Waals surface area contributed by atoms with Gasteiger partial charge in [0.25, 0.3) is 8.37 Å². The summed E-state index contributed by atoms with van der Waals surface area (Å²) in [5, 5.41) is 0. The first kappa shape index (κ1) is 22.8. The van der Waals surface area contributed by atoms with E-state index in [2.05, 4.69) is 108 Å². The van der Waals surface area contributed by atoms with E-state index in [0.29, 0.717) is 30.2 Å². The Kier molecular flexibility index (Phi) is 9.88. The van der Waals surface area contributed by atoms with Crippen molar-refractivity contribution in [2.24, 2.45) is 0 Å². The molecule has 0 aliphatic heterocycles. The zero-order valence-electron chi connectivity index (χ0n) is 17.7. The summed E-state index contributed by atoms with van der Waals surface area (Å²) >= 11 is 0. The van der Waals surface area contributed by atoms with E-state index in [1.165, 1.54) is 0 Å². The molecule has 0 fully saturated rings. The van der Waals surface area contributed by atoms with Crippen LogP contribution in [0.15, 0.2) is 0 Å². The molecule has 0 saturated carbocycles. The fourth-order valence-corrected chi connectivity index (χ4v) is 6.08. The highest BCUT2D eigenvalue weighted by molar-refractivity contribution is 7.50. The SMILES string of the molecule is CC(C)N(C=[N+](C)C)P(N(C(C)C)C(C)C)N(C(C)C)C(C)C. The highest BCUT2D eigenvalue weighted by Gasteiger charge is 2.42. The zero-order valence-corrected chi connectivity index (χ0v) is 18.6. The van der Waals surface area contributed by atoms with E-state index in [-0.39, 0.29) is 0 Å². The second-order valence-electron chi connectivity index (χ2n) is 7.96. The van der Waals surface area contributed by atoms with Crippen LogP contribution in [0, 0.1) is 0 Å².